The summed E-state index contributed by atoms with van der Waals surface area (Å²) in [4.78, 5) is 18.8. The van der Waals surface area contributed by atoms with Crippen molar-refractivity contribution in [3.8, 4) is 0 Å². The summed E-state index contributed by atoms with van der Waals surface area (Å²) in [5.41, 5.74) is 3.86. The number of benzene rings is 2. The quantitative estimate of drug-likeness (QED) is 0.787. The Morgan fingerprint density at radius 2 is 1.81 bits per heavy atom. The van der Waals surface area contributed by atoms with Crippen LogP contribution in [0.5, 0.6) is 0 Å². The first-order valence-electron chi connectivity index (χ1n) is 8.85. The van der Waals surface area contributed by atoms with Gasteiger partial charge in [-0.1, -0.05) is 24.3 Å². The Balaban J connectivity index is 1.43. The largest absolute Gasteiger partial charge is 0.381 e. The Labute approximate surface area is 152 Å². The molecule has 0 bridgehead atoms. The van der Waals surface area contributed by atoms with Crippen molar-refractivity contribution in [3.05, 3.63) is 71.9 Å². The summed E-state index contributed by atoms with van der Waals surface area (Å²) >= 11 is 0. The highest BCUT2D eigenvalue weighted by Crippen LogP contribution is 2.18. The van der Waals surface area contributed by atoms with E-state index in [1.54, 1.807) is 0 Å². The van der Waals surface area contributed by atoms with E-state index in [9.17, 15) is 4.79 Å². The number of morpholine rings is 1. The number of hydrogen-bond acceptors (Lipinski definition) is 4. The summed E-state index contributed by atoms with van der Waals surface area (Å²) in [7, 11) is 0. The van der Waals surface area contributed by atoms with Gasteiger partial charge < -0.3 is 15.0 Å². The number of rotatable bonds is 4. The van der Waals surface area contributed by atoms with Crippen LogP contribution in [0.3, 0.4) is 0 Å². The van der Waals surface area contributed by atoms with E-state index in [4.69, 9.17) is 4.74 Å². The van der Waals surface area contributed by atoms with Crippen LogP contribution in [0.1, 0.15) is 15.9 Å². The van der Waals surface area contributed by atoms with Gasteiger partial charge in [-0.2, -0.15) is 0 Å². The predicted molar refractivity (Wildman–Crippen MR) is 102 cm³/mol. The Kier molecular flexibility index (Phi) is 4.80. The molecular formula is C21H21N3O2. The van der Waals surface area contributed by atoms with Crippen molar-refractivity contribution >= 4 is 22.5 Å². The zero-order valence-electron chi connectivity index (χ0n) is 14.5. The number of anilines is 1. The lowest BCUT2D eigenvalue weighted by molar-refractivity contribution is 0.0303. The van der Waals surface area contributed by atoms with Crippen molar-refractivity contribution in [1.29, 1.82) is 0 Å². The molecule has 0 unspecified atom stereocenters. The van der Waals surface area contributed by atoms with E-state index in [1.165, 1.54) is 0 Å². The number of nitrogens with one attached hydrogen (secondary N) is 1. The third-order valence-corrected chi connectivity index (χ3v) is 4.63. The molecule has 132 valence electrons. The molecule has 1 saturated heterocycles. The number of nitrogens with zero attached hydrogens (tertiary/aromatic N) is 2. The van der Waals surface area contributed by atoms with Crippen LogP contribution < -0.4 is 5.32 Å². The second-order valence-electron chi connectivity index (χ2n) is 6.33. The summed E-state index contributed by atoms with van der Waals surface area (Å²) in [6, 6.07) is 17.9. The number of aromatic nitrogens is 1. The fourth-order valence-electron chi connectivity index (χ4n) is 3.19. The second kappa shape index (κ2) is 7.54. The van der Waals surface area contributed by atoms with Gasteiger partial charge in [0.25, 0.3) is 5.91 Å². The number of hydrogen-bond donors (Lipinski definition) is 1. The van der Waals surface area contributed by atoms with Crippen LogP contribution in [0.15, 0.2) is 60.8 Å². The first kappa shape index (κ1) is 16.5. The minimum absolute atomic E-state index is 0.0677. The molecule has 26 heavy (non-hydrogen) atoms. The molecule has 0 radical (unpaired) electrons. The fraction of sp³-hybridized carbons (Fsp3) is 0.238. The Hall–Kier alpha value is -2.92. The van der Waals surface area contributed by atoms with Gasteiger partial charge in [0, 0.05) is 42.5 Å². The smallest absolute Gasteiger partial charge is 0.254 e. The standard InChI is InChI=1S/C21H21N3O2/c25-21(24-11-13-26-14-12-24)17-6-8-19(9-7-17)23-15-18-4-1-3-16-5-2-10-22-20(16)18/h1-10,23H,11-15H2. The van der Waals surface area contributed by atoms with Gasteiger partial charge in [-0.05, 0) is 35.9 Å². The molecule has 0 spiro atoms. The maximum absolute atomic E-state index is 12.5. The number of carbonyl (C=O) groups is 1. The van der Waals surface area contributed by atoms with Crippen LogP contribution >= 0.6 is 0 Å². The molecule has 0 saturated carbocycles. The Bertz CT molecular complexity index is 897. The van der Waals surface area contributed by atoms with Crippen molar-refractivity contribution in [2.24, 2.45) is 0 Å². The van der Waals surface area contributed by atoms with Crippen LogP contribution in [-0.4, -0.2) is 42.1 Å². The van der Waals surface area contributed by atoms with Gasteiger partial charge in [0.15, 0.2) is 0 Å². The molecule has 3 aromatic rings. The number of para-hydroxylation sites is 1. The van der Waals surface area contributed by atoms with Crippen LogP contribution in [0.2, 0.25) is 0 Å². The number of ether oxygens (including phenoxy) is 1. The average Bonchev–Trinajstić information content (AvgIpc) is 2.73. The van der Waals surface area contributed by atoms with E-state index in [-0.39, 0.29) is 5.91 Å². The first-order chi connectivity index (χ1) is 12.8. The van der Waals surface area contributed by atoms with Crippen LogP contribution in [0.25, 0.3) is 10.9 Å². The molecule has 1 N–H and O–H groups in total. The minimum atomic E-state index is 0.0677. The third kappa shape index (κ3) is 3.53. The lowest BCUT2D eigenvalue weighted by Gasteiger charge is -2.26. The summed E-state index contributed by atoms with van der Waals surface area (Å²) in [5, 5.41) is 4.55. The molecule has 1 aliphatic heterocycles. The SMILES string of the molecule is O=C(c1ccc(NCc2cccc3cccnc23)cc1)N1CCOCC1. The van der Waals surface area contributed by atoms with Crippen LogP contribution in [-0.2, 0) is 11.3 Å². The lowest BCUT2D eigenvalue weighted by atomic mass is 10.1. The van der Waals surface area contributed by atoms with Crippen molar-refractivity contribution in [3.63, 3.8) is 0 Å². The zero-order chi connectivity index (χ0) is 17.8. The molecule has 0 aliphatic carbocycles. The van der Waals surface area contributed by atoms with Gasteiger partial charge in [-0.3, -0.25) is 9.78 Å². The molecule has 1 aliphatic rings. The number of amides is 1. The lowest BCUT2D eigenvalue weighted by Crippen LogP contribution is -2.40. The highest BCUT2D eigenvalue weighted by Gasteiger charge is 2.18. The molecular weight excluding hydrogens is 326 g/mol. The molecule has 2 heterocycles. The van der Waals surface area contributed by atoms with Crippen molar-refractivity contribution in [2.45, 2.75) is 6.54 Å². The van der Waals surface area contributed by atoms with E-state index in [0.29, 0.717) is 38.4 Å². The minimum Gasteiger partial charge on any atom is -0.381 e. The molecule has 2 aromatic carbocycles. The molecule has 5 nitrogen and oxygen atoms in total. The normalized spacial score (nSPS) is 14.4. The average molecular weight is 347 g/mol. The van der Waals surface area contributed by atoms with E-state index in [2.05, 4.69) is 28.5 Å². The summed E-state index contributed by atoms with van der Waals surface area (Å²) in [6.45, 7) is 3.24. The summed E-state index contributed by atoms with van der Waals surface area (Å²) in [6.07, 6.45) is 1.82. The number of fused-ring (bicyclic) bond motifs is 1. The van der Waals surface area contributed by atoms with Gasteiger partial charge in [0.2, 0.25) is 0 Å². The van der Waals surface area contributed by atoms with Crippen LogP contribution in [0, 0.1) is 0 Å². The zero-order valence-corrected chi connectivity index (χ0v) is 14.5. The van der Waals surface area contributed by atoms with E-state index < -0.39 is 0 Å². The van der Waals surface area contributed by atoms with E-state index in [1.807, 2.05) is 47.5 Å². The van der Waals surface area contributed by atoms with Crippen LogP contribution in [0.4, 0.5) is 5.69 Å². The highest BCUT2D eigenvalue weighted by atomic mass is 16.5. The monoisotopic (exact) mass is 347 g/mol. The van der Waals surface area contributed by atoms with E-state index in [0.717, 1.165) is 22.2 Å². The van der Waals surface area contributed by atoms with Crippen molar-refractivity contribution in [1.82, 2.24) is 9.88 Å². The van der Waals surface area contributed by atoms with Crippen molar-refractivity contribution in [2.75, 3.05) is 31.6 Å². The fourth-order valence-corrected chi connectivity index (χ4v) is 3.19. The van der Waals surface area contributed by atoms with Crippen molar-refractivity contribution < 1.29 is 9.53 Å². The Morgan fingerprint density at radius 1 is 1.04 bits per heavy atom. The Morgan fingerprint density at radius 3 is 2.62 bits per heavy atom. The second-order valence-corrected chi connectivity index (χ2v) is 6.33. The molecule has 1 aromatic heterocycles. The van der Waals surface area contributed by atoms with Gasteiger partial charge in [-0.15, -0.1) is 0 Å². The maximum Gasteiger partial charge on any atom is 0.254 e. The third-order valence-electron chi connectivity index (χ3n) is 4.63. The van der Waals surface area contributed by atoms with Gasteiger partial charge >= 0.3 is 0 Å². The molecule has 4 rings (SSSR count). The van der Waals surface area contributed by atoms with E-state index >= 15 is 0 Å². The number of pyridine rings is 1. The first-order valence-corrected chi connectivity index (χ1v) is 8.85. The van der Waals surface area contributed by atoms with Gasteiger partial charge in [0.1, 0.15) is 0 Å². The molecule has 1 amide bonds. The highest BCUT2D eigenvalue weighted by molar-refractivity contribution is 5.94. The van der Waals surface area contributed by atoms with Gasteiger partial charge in [-0.25, -0.2) is 0 Å². The summed E-state index contributed by atoms with van der Waals surface area (Å²) < 4.78 is 5.30. The number of carbonyl (C=O) groups excluding carboxylic acids is 1. The molecule has 0 atom stereocenters. The summed E-state index contributed by atoms with van der Waals surface area (Å²) in [5.74, 6) is 0.0677. The molecule has 1 fully saturated rings. The molecule has 5 heteroatoms. The van der Waals surface area contributed by atoms with Gasteiger partial charge in [0.05, 0.1) is 18.7 Å². The predicted octanol–water partition coefficient (Wildman–Crippen LogP) is 3.32. The topological polar surface area (TPSA) is 54.5 Å². The maximum atomic E-state index is 12.5.